The van der Waals surface area contributed by atoms with Gasteiger partial charge in [-0.15, -0.1) is 0 Å². The van der Waals surface area contributed by atoms with Crippen LogP contribution in [0.1, 0.15) is 17.9 Å². The molecule has 0 amide bonds. The molecule has 1 aromatic rings. The van der Waals surface area contributed by atoms with Gasteiger partial charge in [0.15, 0.2) is 0 Å². The van der Waals surface area contributed by atoms with Crippen LogP contribution in [-0.4, -0.2) is 48.9 Å². The molecule has 0 saturated heterocycles. The van der Waals surface area contributed by atoms with Gasteiger partial charge in [0.1, 0.15) is 0 Å². The number of allylic oxidation sites excluding steroid dienone is 1. The van der Waals surface area contributed by atoms with Crippen LogP contribution in [0.25, 0.3) is 0 Å². The molecule has 0 fully saturated rings. The number of carboxylic acid groups (broad SMARTS) is 1. The second-order valence-electron chi connectivity index (χ2n) is 4.84. The average Bonchev–Trinajstić information content (AvgIpc) is 2.55. The van der Waals surface area contributed by atoms with Crippen molar-refractivity contribution in [3.05, 3.63) is 47.7 Å². The van der Waals surface area contributed by atoms with E-state index in [1.807, 2.05) is 30.3 Å². The fourth-order valence-corrected chi connectivity index (χ4v) is 2.25. The van der Waals surface area contributed by atoms with Gasteiger partial charge in [-0.2, -0.15) is 0 Å². The van der Waals surface area contributed by atoms with E-state index in [1.165, 1.54) is 0 Å². The highest BCUT2D eigenvalue weighted by Gasteiger charge is 2.28. The van der Waals surface area contributed by atoms with Crippen molar-refractivity contribution >= 4 is 5.97 Å². The Kier molecular flexibility index (Phi) is 6.39. The summed E-state index contributed by atoms with van der Waals surface area (Å²) in [6.07, 6.45) is 1.53. The molecule has 0 saturated carbocycles. The zero-order chi connectivity index (χ0) is 15.8. The summed E-state index contributed by atoms with van der Waals surface area (Å²) < 4.78 is 16.0. The highest BCUT2D eigenvalue weighted by atomic mass is 16.7. The lowest BCUT2D eigenvalue weighted by Gasteiger charge is -2.28. The molecule has 0 aliphatic carbocycles. The molecule has 2 rings (SSSR count). The molecule has 1 aromatic carbocycles. The van der Waals surface area contributed by atoms with Crippen LogP contribution in [0, 0.1) is 0 Å². The first-order valence-electron chi connectivity index (χ1n) is 7.17. The van der Waals surface area contributed by atoms with Gasteiger partial charge >= 0.3 is 5.97 Å². The van der Waals surface area contributed by atoms with Gasteiger partial charge in [-0.1, -0.05) is 30.3 Å². The number of rotatable bonds is 8. The summed E-state index contributed by atoms with van der Waals surface area (Å²) in [5.74, 6) is -1.27. The molecule has 2 atom stereocenters. The third-order valence-corrected chi connectivity index (χ3v) is 3.26. The van der Waals surface area contributed by atoms with E-state index in [1.54, 1.807) is 6.08 Å². The Labute approximate surface area is 128 Å². The molecule has 6 nitrogen and oxygen atoms in total. The summed E-state index contributed by atoms with van der Waals surface area (Å²) in [6, 6.07) is 9.65. The third-order valence-electron chi connectivity index (χ3n) is 3.26. The first-order chi connectivity index (χ1) is 10.7. The highest BCUT2D eigenvalue weighted by molar-refractivity contribution is 5.84. The maximum atomic E-state index is 11.2. The maximum absolute atomic E-state index is 11.2. The van der Waals surface area contributed by atoms with E-state index in [9.17, 15) is 4.79 Å². The van der Waals surface area contributed by atoms with E-state index >= 15 is 0 Å². The van der Waals surface area contributed by atoms with Crippen molar-refractivity contribution in [1.29, 1.82) is 0 Å². The molecule has 22 heavy (non-hydrogen) atoms. The van der Waals surface area contributed by atoms with Crippen LogP contribution in [0.3, 0.4) is 0 Å². The molecular formula is C16H20O6. The smallest absolute Gasteiger partial charge is 0.370 e. The Balaban J connectivity index is 1.96. The number of aliphatic carboxylic acids is 1. The minimum Gasteiger partial charge on any atom is -0.475 e. The second kappa shape index (κ2) is 8.53. The first-order valence-corrected chi connectivity index (χ1v) is 7.17. The SMILES string of the molecule is O=C(O)C1=C[C@@H](c2ccccc2)C[C@@H](OCCOCCO)O1. The summed E-state index contributed by atoms with van der Waals surface area (Å²) in [5, 5.41) is 17.8. The minimum absolute atomic E-state index is 0.0398. The summed E-state index contributed by atoms with van der Waals surface area (Å²) >= 11 is 0. The number of hydrogen-bond donors (Lipinski definition) is 2. The van der Waals surface area contributed by atoms with Crippen molar-refractivity contribution in [3.8, 4) is 0 Å². The number of benzene rings is 1. The van der Waals surface area contributed by atoms with Crippen molar-refractivity contribution < 1.29 is 29.2 Å². The van der Waals surface area contributed by atoms with Crippen LogP contribution in [0.5, 0.6) is 0 Å². The van der Waals surface area contributed by atoms with Crippen LogP contribution < -0.4 is 0 Å². The maximum Gasteiger partial charge on any atom is 0.370 e. The Bertz CT molecular complexity index is 499. The molecular weight excluding hydrogens is 288 g/mol. The summed E-state index contributed by atoms with van der Waals surface area (Å²) in [7, 11) is 0. The Morgan fingerprint density at radius 2 is 2.00 bits per heavy atom. The number of carbonyl (C=O) groups is 1. The zero-order valence-electron chi connectivity index (χ0n) is 12.2. The summed E-state index contributed by atoms with van der Waals surface area (Å²) in [6.45, 7) is 0.811. The Morgan fingerprint density at radius 3 is 2.68 bits per heavy atom. The fourth-order valence-electron chi connectivity index (χ4n) is 2.25. The fraction of sp³-hybridized carbons (Fsp3) is 0.438. The molecule has 2 N–H and O–H groups in total. The molecule has 0 spiro atoms. The lowest BCUT2D eigenvalue weighted by atomic mass is 9.93. The number of carboxylic acids is 1. The van der Waals surface area contributed by atoms with E-state index in [-0.39, 0.29) is 31.5 Å². The van der Waals surface area contributed by atoms with Gasteiger partial charge in [0.2, 0.25) is 12.0 Å². The van der Waals surface area contributed by atoms with Gasteiger partial charge in [0.25, 0.3) is 0 Å². The van der Waals surface area contributed by atoms with Crippen molar-refractivity contribution in [2.24, 2.45) is 0 Å². The third kappa shape index (κ3) is 4.84. The second-order valence-corrected chi connectivity index (χ2v) is 4.84. The number of hydrogen-bond acceptors (Lipinski definition) is 5. The van der Waals surface area contributed by atoms with Crippen molar-refractivity contribution in [2.75, 3.05) is 26.4 Å². The average molecular weight is 308 g/mol. The molecule has 0 bridgehead atoms. The molecule has 1 aliphatic rings. The standard InChI is InChI=1S/C16H20O6/c17-6-7-20-8-9-21-15-11-13(10-14(22-15)16(18)19)12-4-2-1-3-5-12/h1-5,10,13,15,17H,6-9,11H2,(H,18,19)/t13-,15+/m1/s1. The lowest BCUT2D eigenvalue weighted by Crippen LogP contribution is -2.28. The van der Waals surface area contributed by atoms with Crippen LogP contribution in [0.4, 0.5) is 0 Å². The van der Waals surface area contributed by atoms with Crippen LogP contribution in [0.15, 0.2) is 42.2 Å². The van der Waals surface area contributed by atoms with Crippen molar-refractivity contribution in [3.63, 3.8) is 0 Å². The van der Waals surface area contributed by atoms with E-state index in [2.05, 4.69) is 0 Å². The molecule has 1 aliphatic heterocycles. The largest absolute Gasteiger partial charge is 0.475 e. The van der Waals surface area contributed by atoms with Crippen LogP contribution in [0.2, 0.25) is 0 Å². The molecule has 0 unspecified atom stereocenters. The van der Waals surface area contributed by atoms with Crippen molar-refractivity contribution in [1.82, 2.24) is 0 Å². The van der Waals surface area contributed by atoms with Crippen LogP contribution in [-0.2, 0) is 19.0 Å². The predicted molar refractivity (Wildman–Crippen MR) is 78.2 cm³/mol. The van der Waals surface area contributed by atoms with E-state index in [4.69, 9.17) is 24.4 Å². The molecule has 0 radical (unpaired) electrons. The number of aliphatic hydroxyl groups is 1. The number of ether oxygens (including phenoxy) is 3. The summed E-state index contributed by atoms with van der Waals surface area (Å²) in [4.78, 5) is 11.2. The quantitative estimate of drug-likeness (QED) is 0.708. The summed E-state index contributed by atoms with van der Waals surface area (Å²) in [5.41, 5.74) is 1.02. The Hall–Kier alpha value is -1.89. The van der Waals surface area contributed by atoms with Crippen LogP contribution >= 0.6 is 0 Å². The first kappa shape index (κ1) is 16.5. The van der Waals surface area contributed by atoms with Gasteiger partial charge in [0, 0.05) is 12.3 Å². The molecule has 0 aromatic heterocycles. The Morgan fingerprint density at radius 1 is 1.23 bits per heavy atom. The van der Waals surface area contributed by atoms with Gasteiger partial charge < -0.3 is 24.4 Å². The van der Waals surface area contributed by atoms with E-state index in [0.717, 1.165) is 5.56 Å². The highest BCUT2D eigenvalue weighted by Crippen LogP contribution is 2.31. The zero-order valence-corrected chi connectivity index (χ0v) is 12.2. The van der Waals surface area contributed by atoms with E-state index < -0.39 is 12.3 Å². The normalized spacial score (nSPS) is 21.0. The lowest BCUT2D eigenvalue weighted by molar-refractivity contribution is -0.160. The van der Waals surface area contributed by atoms with Gasteiger partial charge in [-0.25, -0.2) is 4.79 Å². The van der Waals surface area contributed by atoms with Gasteiger partial charge in [-0.05, 0) is 11.6 Å². The van der Waals surface area contributed by atoms with Crippen molar-refractivity contribution in [2.45, 2.75) is 18.6 Å². The topological polar surface area (TPSA) is 85.2 Å². The monoisotopic (exact) mass is 308 g/mol. The number of aliphatic hydroxyl groups excluding tert-OH is 1. The predicted octanol–water partition coefficient (Wildman–Crippen LogP) is 1.51. The van der Waals surface area contributed by atoms with Gasteiger partial charge in [-0.3, -0.25) is 0 Å². The van der Waals surface area contributed by atoms with E-state index in [0.29, 0.717) is 13.0 Å². The minimum atomic E-state index is -1.11. The molecule has 1 heterocycles. The molecule has 6 heteroatoms. The molecule has 120 valence electrons. The van der Waals surface area contributed by atoms with Gasteiger partial charge in [0.05, 0.1) is 26.4 Å².